The fourth-order valence-corrected chi connectivity index (χ4v) is 3.77. The second-order valence-corrected chi connectivity index (χ2v) is 7.06. The second kappa shape index (κ2) is 7.06. The zero-order chi connectivity index (χ0) is 14.6. The molecular formula is C16H21BrClNO. The molecule has 0 unspecified atom stereocenters. The molecule has 1 aliphatic rings. The van der Waals surface area contributed by atoms with E-state index in [1.165, 1.54) is 12.8 Å². The van der Waals surface area contributed by atoms with E-state index in [-0.39, 0.29) is 11.2 Å². The Morgan fingerprint density at radius 2 is 1.90 bits per heavy atom. The van der Waals surface area contributed by atoms with Crippen LogP contribution in [0.1, 0.15) is 44.1 Å². The second-order valence-electron chi connectivity index (χ2n) is 5.73. The third-order valence-corrected chi connectivity index (χ3v) is 5.25. The normalized spacial score (nSPS) is 18.6. The Labute approximate surface area is 134 Å². The minimum absolute atomic E-state index is 0.256. The lowest BCUT2D eigenvalue weighted by Gasteiger charge is -2.30. The zero-order valence-electron chi connectivity index (χ0n) is 11.6. The molecule has 1 fully saturated rings. The lowest BCUT2D eigenvalue weighted by molar-refractivity contribution is -0.128. The molecule has 2 rings (SSSR count). The lowest BCUT2D eigenvalue weighted by Crippen LogP contribution is -2.39. The van der Waals surface area contributed by atoms with Crippen LogP contribution in [0.15, 0.2) is 22.7 Å². The molecule has 0 aliphatic heterocycles. The van der Waals surface area contributed by atoms with Gasteiger partial charge in [0.05, 0.1) is 0 Å². The fourth-order valence-electron chi connectivity index (χ4n) is 3.03. The molecule has 2 nitrogen and oxygen atoms in total. The van der Waals surface area contributed by atoms with Crippen LogP contribution in [0.4, 0.5) is 0 Å². The van der Waals surface area contributed by atoms with E-state index >= 15 is 0 Å². The standard InChI is InChI=1S/C16H21BrClNO/c17-13-6-5-12(14(18)10-13)9-15(20)16(11-19)7-3-1-2-4-8-16/h5-6,10H,1-4,7-9,11,19H2. The first-order chi connectivity index (χ1) is 9.57. The van der Waals surface area contributed by atoms with E-state index in [1.807, 2.05) is 18.2 Å². The van der Waals surface area contributed by atoms with Gasteiger partial charge in [-0.2, -0.15) is 0 Å². The maximum atomic E-state index is 12.8. The molecule has 110 valence electrons. The van der Waals surface area contributed by atoms with Crippen molar-refractivity contribution < 1.29 is 4.79 Å². The molecule has 1 aliphatic carbocycles. The Morgan fingerprint density at radius 3 is 2.45 bits per heavy atom. The van der Waals surface area contributed by atoms with E-state index in [4.69, 9.17) is 17.3 Å². The Bertz CT molecular complexity index is 481. The van der Waals surface area contributed by atoms with Crippen LogP contribution in [0.2, 0.25) is 5.02 Å². The molecule has 1 aromatic carbocycles. The predicted octanol–water partition coefficient (Wildman–Crippen LogP) is 4.51. The summed E-state index contributed by atoms with van der Waals surface area (Å²) in [5, 5.41) is 0.647. The molecule has 4 heteroatoms. The third kappa shape index (κ3) is 3.63. The topological polar surface area (TPSA) is 43.1 Å². The average Bonchev–Trinajstić information content (AvgIpc) is 2.68. The van der Waals surface area contributed by atoms with E-state index in [0.29, 0.717) is 18.0 Å². The monoisotopic (exact) mass is 357 g/mol. The summed E-state index contributed by atoms with van der Waals surface area (Å²) in [6.07, 6.45) is 6.90. The number of carbonyl (C=O) groups excluding carboxylic acids is 1. The largest absolute Gasteiger partial charge is 0.329 e. The van der Waals surface area contributed by atoms with Gasteiger partial charge in [0.25, 0.3) is 0 Å². The van der Waals surface area contributed by atoms with Gasteiger partial charge in [0.2, 0.25) is 0 Å². The molecule has 1 saturated carbocycles. The van der Waals surface area contributed by atoms with Crippen molar-refractivity contribution in [2.24, 2.45) is 11.1 Å². The van der Waals surface area contributed by atoms with Gasteiger partial charge in [-0.3, -0.25) is 4.79 Å². The summed E-state index contributed by atoms with van der Waals surface area (Å²) in [6.45, 7) is 0.458. The SMILES string of the molecule is NCC1(C(=O)Cc2ccc(Br)cc2Cl)CCCCCC1. The summed E-state index contributed by atoms with van der Waals surface area (Å²) >= 11 is 9.60. The van der Waals surface area contributed by atoms with Crippen molar-refractivity contribution in [3.63, 3.8) is 0 Å². The number of ketones is 1. The summed E-state index contributed by atoms with van der Waals surface area (Å²) < 4.78 is 0.932. The number of hydrogen-bond donors (Lipinski definition) is 1. The summed E-state index contributed by atoms with van der Waals surface area (Å²) in [5.41, 5.74) is 6.54. The lowest BCUT2D eigenvalue weighted by atomic mass is 9.75. The van der Waals surface area contributed by atoms with Gasteiger partial charge >= 0.3 is 0 Å². The maximum Gasteiger partial charge on any atom is 0.144 e. The van der Waals surface area contributed by atoms with Crippen LogP contribution in [0, 0.1) is 5.41 Å². The van der Waals surface area contributed by atoms with Crippen LogP contribution in [-0.2, 0) is 11.2 Å². The first kappa shape index (κ1) is 16.0. The number of rotatable bonds is 4. The van der Waals surface area contributed by atoms with Crippen molar-refractivity contribution in [2.75, 3.05) is 6.54 Å². The van der Waals surface area contributed by atoms with Gasteiger partial charge < -0.3 is 5.73 Å². The van der Waals surface area contributed by atoms with E-state index in [1.54, 1.807) is 0 Å². The molecule has 0 spiro atoms. The molecule has 0 radical (unpaired) electrons. The zero-order valence-corrected chi connectivity index (χ0v) is 14.0. The van der Waals surface area contributed by atoms with Gasteiger partial charge in [0.15, 0.2) is 0 Å². The number of halogens is 2. The number of nitrogens with two attached hydrogens (primary N) is 1. The van der Waals surface area contributed by atoms with Crippen molar-refractivity contribution in [2.45, 2.75) is 44.9 Å². The van der Waals surface area contributed by atoms with Crippen LogP contribution in [0.3, 0.4) is 0 Å². The summed E-state index contributed by atoms with van der Waals surface area (Å²) in [7, 11) is 0. The first-order valence-corrected chi connectivity index (χ1v) is 8.42. The van der Waals surface area contributed by atoms with Gasteiger partial charge in [0, 0.05) is 27.9 Å². The molecule has 2 N–H and O–H groups in total. The summed E-state index contributed by atoms with van der Waals surface area (Å²) in [6, 6.07) is 5.69. The van der Waals surface area contributed by atoms with Crippen molar-refractivity contribution in [3.05, 3.63) is 33.3 Å². The molecular weight excluding hydrogens is 338 g/mol. The van der Waals surface area contributed by atoms with Crippen molar-refractivity contribution >= 4 is 33.3 Å². The number of carbonyl (C=O) groups is 1. The quantitative estimate of drug-likeness (QED) is 0.804. The Hall–Kier alpha value is -0.380. The highest BCUT2D eigenvalue weighted by molar-refractivity contribution is 9.10. The number of benzene rings is 1. The van der Waals surface area contributed by atoms with E-state index < -0.39 is 0 Å². The first-order valence-electron chi connectivity index (χ1n) is 7.25. The highest BCUT2D eigenvalue weighted by Crippen LogP contribution is 2.36. The van der Waals surface area contributed by atoms with Gasteiger partial charge in [-0.1, -0.05) is 59.3 Å². The number of hydrogen-bond acceptors (Lipinski definition) is 2. The van der Waals surface area contributed by atoms with Gasteiger partial charge in [-0.25, -0.2) is 0 Å². The molecule has 0 heterocycles. The molecule has 0 amide bonds. The predicted molar refractivity (Wildman–Crippen MR) is 87.1 cm³/mol. The summed E-state index contributed by atoms with van der Waals surface area (Å²) in [5.74, 6) is 0.256. The Balaban J connectivity index is 2.16. The van der Waals surface area contributed by atoms with E-state index in [9.17, 15) is 4.79 Å². The van der Waals surface area contributed by atoms with Crippen LogP contribution in [-0.4, -0.2) is 12.3 Å². The minimum Gasteiger partial charge on any atom is -0.329 e. The Kier molecular flexibility index (Phi) is 5.65. The fraction of sp³-hybridized carbons (Fsp3) is 0.562. The molecule has 0 atom stereocenters. The summed E-state index contributed by atoms with van der Waals surface area (Å²) in [4.78, 5) is 12.8. The van der Waals surface area contributed by atoms with Crippen LogP contribution in [0.25, 0.3) is 0 Å². The van der Waals surface area contributed by atoms with Crippen LogP contribution >= 0.6 is 27.5 Å². The minimum atomic E-state index is -0.326. The average molecular weight is 359 g/mol. The van der Waals surface area contributed by atoms with Gasteiger partial charge in [-0.15, -0.1) is 0 Å². The smallest absolute Gasteiger partial charge is 0.144 e. The molecule has 0 saturated heterocycles. The van der Waals surface area contributed by atoms with E-state index in [0.717, 1.165) is 35.7 Å². The van der Waals surface area contributed by atoms with Gasteiger partial charge in [-0.05, 0) is 30.5 Å². The molecule has 0 bridgehead atoms. The van der Waals surface area contributed by atoms with Crippen LogP contribution in [0.5, 0.6) is 0 Å². The van der Waals surface area contributed by atoms with Crippen molar-refractivity contribution in [1.29, 1.82) is 0 Å². The van der Waals surface area contributed by atoms with Gasteiger partial charge in [0.1, 0.15) is 5.78 Å². The number of Topliss-reactive ketones (excluding diaryl/α,β-unsaturated/α-hetero) is 1. The maximum absolute atomic E-state index is 12.8. The molecule has 0 aromatic heterocycles. The highest BCUT2D eigenvalue weighted by Gasteiger charge is 2.36. The third-order valence-electron chi connectivity index (χ3n) is 4.41. The van der Waals surface area contributed by atoms with Crippen molar-refractivity contribution in [1.82, 2.24) is 0 Å². The Morgan fingerprint density at radius 1 is 1.25 bits per heavy atom. The molecule has 20 heavy (non-hydrogen) atoms. The van der Waals surface area contributed by atoms with Crippen LogP contribution < -0.4 is 5.73 Å². The highest BCUT2D eigenvalue weighted by atomic mass is 79.9. The van der Waals surface area contributed by atoms with E-state index in [2.05, 4.69) is 15.9 Å². The van der Waals surface area contributed by atoms with Crippen molar-refractivity contribution in [3.8, 4) is 0 Å². The molecule has 1 aromatic rings.